The number of aromatic nitrogens is 1. The molecule has 1 aliphatic rings. The minimum atomic E-state index is -0.596. The summed E-state index contributed by atoms with van der Waals surface area (Å²) in [6.07, 6.45) is 0. The van der Waals surface area contributed by atoms with Crippen molar-refractivity contribution in [1.82, 2.24) is 15.4 Å². The van der Waals surface area contributed by atoms with Crippen LogP contribution in [-0.2, 0) is 15.1 Å². The molecule has 6 nitrogen and oxygen atoms in total. The van der Waals surface area contributed by atoms with Crippen molar-refractivity contribution in [3.05, 3.63) is 17.0 Å². The standard InChI is InChI=1S/C14H21N3O3S/c1-8-12(9(2)20-16-8)14(4,5)15-13(19)11-6-21-7-17(11)10(3)18/h11H,6-7H2,1-5H3,(H,15,19). The largest absolute Gasteiger partial charge is 0.361 e. The molecule has 21 heavy (non-hydrogen) atoms. The summed E-state index contributed by atoms with van der Waals surface area (Å²) in [6.45, 7) is 9.00. The van der Waals surface area contributed by atoms with Crippen LogP contribution in [0.3, 0.4) is 0 Å². The highest BCUT2D eigenvalue weighted by Crippen LogP contribution is 2.28. The molecule has 0 radical (unpaired) electrons. The summed E-state index contributed by atoms with van der Waals surface area (Å²) in [5.74, 6) is 1.68. The van der Waals surface area contributed by atoms with Crippen molar-refractivity contribution in [2.75, 3.05) is 11.6 Å². The molecule has 116 valence electrons. The van der Waals surface area contributed by atoms with E-state index < -0.39 is 11.6 Å². The number of nitrogens with zero attached hydrogens (tertiary/aromatic N) is 2. The predicted octanol–water partition coefficient (Wildman–Crippen LogP) is 1.56. The van der Waals surface area contributed by atoms with Gasteiger partial charge in [0.25, 0.3) is 0 Å². The lowest BCUT2D eigenvalue weighted by molar-refractivity contribution is -0.137. The number of hydrogen-bond acceptors (Lipinski definition) is 5. The molecule has 0 aliphatic carbocycles. The van der Waals surface area contributed by atoms with E-state index in [1.54, 1.807) is 16.7 Å². The normalized spacial score (nSPS) is 18.9. The summed E-state index contributed by atoms with van der Waals surface area (Å²) < 4.78 is 5.18. The van der Waals surface area contributed by atoms with Gasteiger partial charge in [-0.15, -0.1) is 11.8 Å². The van der Waals surface area contributed by atoms with Crippen LogP contribution in [-0.4, -0.2) is 39.5 Å². The van der Waals surface area contributed by atoms with Gasteiger partial charge >= 0.3 is 0 Å². The smallest absolute Gasteiger partial charge is 0.244 e. The van der Waals surface area contributed by atoms with Crippen molar-refractivity contribution in [1.29, 1.82) is 0 Å². The average Bonchev–Trinajstić information content (AvgIpc) is 2.95. The second kappa shape index (κ2) is 5.71. The zero-order valence-corrected chi connectivity index (χ0v) is 13.8. The molecule has 1 aromatic rings. The van der Waals surface area contributed by atoms with E-state index in [0.717, 1.165) is 11.3 Å². The number of carbonyl (C=O) groups excluding carboxylic acids is 2. The fourth-order valence-electron chi connectivity index (χ4n) is 2.80. The van der Waals surface area contributed by atoms with Gasteiger partial charge in [0.15, 0.2) is 0 Å². The summed E-state index contributed by atoms with van der Waals surface area (Å²) in [7, 11) is 0. The van der Waals surface area contributed by atoms with Crippen molar-refractivity contribution >= 4 is 23.6 Å². The van der Waals surface area contributed by atoms with Crippen LogP contribution >= 0.6 is 11.8 Å². The van der Waals surface area contributed by atoms with Gasteiger partial charge in [0.05, 0.1) is 17.1 Å². The average molecular weight is 311 g/mol. The number of rotatable bonds is 3. The van der Waals surface area contributed by atoms with E-state index in [1.165, 1.54) is 6.92 Å². The zero-order valence-electron chi connectivity index (χ0n) is 13.0. The fourth-order valence-corrected chi connectivity index (χ4v) is 4.02. The Labute approximate surface area is 128 Å². The maximum absolute atomic E-state index is 12.5. The van der Waals surface area contributed by atoms with E-state index in [4.69, 9.17) is 4.52 Å². The van der Waals surface area contributed by atoms with Crippen LogP contribution < -0.4 is 5.32 Å². The number of nitrogens with one attached hydrogen (secondary N) is 1. The van der Waals surface area contributed by atoms with Gasteiger partial charge in [0.1, 0.15) is 11.8 Å². The molecule has 1 atom stereocenters. The van der Waals surface area contributed by atoms with E-state index in [2.05, 4.69) is 10.5 Å². The molecular weight excluding hydrogens is 290 g/mol. The minimum Gasteiger partial charge on any atom is -0.361 e. The predicted molar refractivity (Wildman–Crippen MR) is 80.8 cm³/mol. The lowest BCUT2D eigenvalue weighted by atomic mass is 9.92. The van der Waals surface area contributed by atoms with Gasteiger partial charge in [0, 0.05) is 18.2 Å². The molecule has 7 heteroatoms. The number of carbonyl (C=O) groups is 2. The second-order valence-electron chi connectivity index (χ2n) is 5.82. The molecular formula is C14H21N3O3S. The first-order valence-corrected chi connectivity index (χ1v) is 8.00. The Morgan fingerprint density at radius 1 is 1.43 bits per heavy atom. The molecule has 1 aromatic heterocycles. The van der Waals surface area contributed by atoms with Crippen molar-refractivity contribution < 1.29 is 14.1 Å². The highest BCUT2D eigenvalue weighted by atomic mass is 32.2. The van der Waals surface area contributed by atoms with E-state index in [-0.39, 0.29) is 11.8 Å². The van der Waals surface area contributed by atoms with Crippen LogP contribution in [0.5, 0.6) is 0 Å². The summed E-state index contributed by atoms with van der Waals surface area (Å²) in [5.41, 5.74) is 1.05. The lowest BCUT2D eigenvalue weighted by Crippen LogP contribution is -2.52. The molecule has 0 spiro atoms. The van der Waals surface area contributed by atoms with Crippen molar-refractivity contribution in [2.24, 2.45) is 0 Å². The Bertz CT molecular complexity index is 548. The van der Waals surface area contributed by atoms with Crippen LogP contribution in [0.4, 0.5) is 0 Å². The third kappa shape index (κ3) is 3.07. The fraction of sp³-hybridized carbons (Fsp3) is 0.643. The van der Waals surface area contributed by atoms with E-state index in [9.17, 15) is 9.59 Å². The summed E-state index contributed by atoms with van der Waals surface area (Å²) in [5, 5.41) is 6.96. The first-order chi connectivity index (χ1) is 9.74. The van der Waals surface area contributed by atoms with Crippen LogP contribution in [0.2, 0.25) is 0 Å². The topological polar surface area (TPSA) is 75.4 Å². The van der Waals surface area contributed by atoms with Crippen LogP contribution in [0, 0.1) is 13.8 Å². The molecule has 2 amide bonds. The second-order valence-corrected chi connectivity index (χ2v) is 6.82. The molecule has 2 heterocycles. The number of hydrogen-bond donors (Lipinski definition) is 1. The Morgan fingerprint density at radius 3 is 2.62 bits per heavy atom. The molecule has 2 rings (SSSR count). The maximum atomic E-state index is 12.5. The van der Waals surface area contributed by atoms with E-state index in [0.29, 0.717) is 17.4 Å². The Kier molecular flexibility index (Phi) is 4.32. The van der Waals surface area contributed by atoms with E-state index in [1.807, 2.05) is 27.7 Å². The third-order valence-electron chi connectivity index (χ3n) is 3.68. The molecule has 1 fully saturated rings. The quantitative estimate of drug-likeness (QED) is 0.917. The Hall–Kier alpha value is -1.50. The minimum absolute atomic E-state index is 0.0738. The SMILES string of the molecule is CC(=O)N1CSCC1C(=O)NC(C)(C)c1c(C)noc1C. The number of aryl methyl sites for hydroxylation is 2. The van der Waals surface area contributed by atoms with Gasteiger partial charge in [-0.3, -0.25) is 9.59 Å². The molecule has 1 aliphatic heterocycles. The first-order valence-electron chi connectivity index (χ1n) is 6.84. The number of thioether (sulfide) groups is 1. The van der Waals surface area contributed by atoms with Gasteiger partial charge in [-0.1, -0.05) is 5.16 Å². The number of amides is 2. The van der Waals surface area contributed by atoms with E-state index >= 15 is 0 Å². The van der Waals surface area contributed by atoms with Gasteiger partial charge in [0.2, 0.25) is 11.8 Å². The summed E-state index contributed by atoms with van der Waals surface area (Å²) in [4.78, 5) is 25.7. The molecule has 1 saturated heterocycles. The van der Waals surface area contributed by atoms with Crippen LogP contribution in [0.1, 0.15) is 37.8 Å². The molecule has 1 unspecified atom stereocenters. The lowest BCUT2D eigenvalue weighted by Gasteiger charge is -2.30. The summed E-state index contributed by atoms with van der Waals surface area (Å²) >= 11 is 1.59. The monoisotopic (exact) mass is 311 g/mol. The Morgan fingerprint density at radius 2 is 2.10 bits per heavy atom. The molecule has 0 bridgehead atoms. The van der Waals surface area contributed by atoms with Crippen molar-refractivity contribution in [3.8, 4) is 0 Å². The molecule has 1 N–H and O–H groups in total. The zero-order chi connectivity index (χ0) is 15.8. The molecule has 0 aromatic carbocycles. The third-order valence-corrected chi connectivity index (χ3v) is 4.70. The van der Waals surface area contributed by atoms with Crippen molar-refractivity contribution in [2.45, 2.75) is 46.2 Å². The Balaban J connectivity index is 2.17. The van der Waals surface area contributed by atoms with Gasteiger partial charge in [-0.25, -0.2) is 0 Å². The van der Waals surface area contributed by atoms with Crippen molar-refractivity contribution in [3.63, 3.8) is 0 Å². The summed E-state index contributed by atoms with van der Waals surface area (Å²) in [6, 6.07) is -0.410. The van der Waals surface area contributed by atoms with Crippen LogP contribution in [0.15, 0.2) is 4.52 Å². The molecule has 0 saturated carbocycles. The van der Waals surface area contributed by atoms with Gasteiger partial charge < -0.3 is 14.7 Å². The van der Waals surface area contributed by atoms with Crippen LogP contribution in [0.25, 0.3) is 0 Å². The highest BCUT2D eigenvalue weighted by Gasteiger charge is 2.37. The highest BCUT2D eigenvalue weighted by molar-refractivity contribution is 7.99. The first kappa shape index (κ1) is 15.9. The van der Waals surface area contributed by atoms with Gasteiger partial charge in [-0.05, 0) is 27.7 Å². The maximum Gasteiger partial charge on any atom is 0.244 e. The van der Waals surface area contributed by atoms with Gasteiger partial charge in [-0.2, -0.15) is 0 Å².